The lowest BCUT2D eigenvalue weighted by atomic mass is 9.95. The predicted octanol–water partition coefficient (Wildman–Crippen LogP) is 2.47. The molecule has 0 saturated heterocycles. The van der Waals surface area contributed by atoms with Crippen molar-refractivity contribution >= 4 is 5.78 Å². The van der Waals surface area contributed by atoms with Crippen molar-refractivity contribution in [1.82, 2.24) is 4.90 Å². The van der Waals surface area contributed by atoms with Crippen LogP contribution in [0, 0.1) is 0 Å². The van der Waals surface area contributed by atoms with E-state index in [4.69, 9.17) is 0 Å². The van der Waals surface area contributed by atoms with Crippen LogP contribution in [-0.4, -0.2) is 28.3 Å². The van der Waals surface area contributed by atoms with Crippen molar-refractivity contribution in [2.45, 2.75) is 59.5 Å². The van der Waals surface area contributed by atoms with E-state index in [9.17, 15) is 4.79 Å². The van der Waals surface area contributed by atoms with Gasteiger partial charge in [0.15, 0.2) is 0 Å². The minimum Gasteiger partial charge on any atom is -0.299 e. The molecule has 0 spiro atoms. The Kier molecular flexibility index (Phi) is 3.68. The van der Waals surface area contributed by atoms with E-state index < -0.39 is 0 Å². The molecule has 0 radical (unpaired) electrons. The van der Waals surface area contributed by atoms with Crippen LogP contribution >= 0.6 is 0 Å². The molecule has 0 aliphatic heterocycles. The minimum atomic E-state index is 0.0456. The number of carbonyl (C=O) groups is 1. The van der Waals surface area contributed by atoms with Crippen molar-refractivity contribution in [1.29, 1.82) is 0 Å². The van der Waals surface area contributed by atoms with Crippen molar-refractivity contribution in [3.8, 4) is 0 Å². The molecular weight excluding hydrogens is 162 g/mol. The Bertz CT molecular complexity index is 169. The number of ketones is 1. The SMILES string of the molecule is CC(=O)CN(C(C)(C)C)C(C)(C)C. The third-order valence-electron chi connectivity index (χ3n) is 2.00. The molecule has 0 bridgehead atoms. The highest BCUT2D eigenvalue weighted by molar-refractivity contribution is 5.77. The van der Waals surface area contributed by atoms with Crippen LogP contribution in [-0.2, 0) is 4.79 Å². The molecule has 0 fully saturated rings. The largest absolute Gasteiger partial charge is 0.299 e. The molecule has 0 aliphatic rings. The highest BCUT2D eigenvalue weighted by Gasteiger charge is 2.31. The van der Waals surface area contributed by atoms with Gasteiger partial charge in [0, 0.05) is 11.1 Å². The van der Waals surface area contributed by atoms with Crippen LogP contribution in [0.3, 0.4) is 0 Å². The molecule has 2 heteroatoms. The van der Waals surface area contributed by atoms with E-state index in [1.165, 1.54) is 0 Å². The molecule has 0 heterocycles. The number of hydrogen-bond donors (Lipinski definition) is 0. The molecule has 78 valence electrons. The quantitative estimate of drug-likeness (QED) is 0.658. The molecule has 13 heavy (non-hydrogen) atoms. The smallest absolute Gasteiger partial charge is 0.143 e. The van der Waals surface area contributed by atoms with E-state index in [1.807, 2.05) is 0 Å². The first kappa shape index (κ1) is 12.6. The summed E-state index contributed by atoms with van der Waals surface area (Å²) in [6.07, 6.45) is 0. The fourth-order valence-electron chi connectivity index (χ4n) is 1.70. The lowest BCUT2D eigenvalue weighted by Crippen LogP contribution is -2.54. The highest BCUT2D eigenvalue weighted by atomic mass is 16.1. The van der Waals surface area contributed by atoms with Gasteiger partial charge in [-0.3, -0.25) is 9.69 Å². The molecule has 0 aromatic carbocycles. The summed E-state index contributed by atoms with van der Waals surface area (Å²) < 4.78 is 0. The van der Waals surface area contributed by atoms with E-state index in [0.717, 1.165) is 0 Å². The Labute approximate surface area is 82.3 Å². The van der Waals surface area contributed by atoms with Crippen LogP contribution in [0.25, 0.3) is 0 Å². The van der Waals surface area contributed by atoms with E-state index in [0.29, 0.717) is 6.54 Å². The molecule has 0 unspecified atom stereocenters. The second-order valence-electron chi connectivity index (χ2n) is 5.63. The zero-order valence-electron chi connectivity index (χ0n) is 10.1. The summed E-state index contributed by atoms with van der Waals surface area (Å²) in [5.74, 6) is 0.227. The minimum absolute atomic E-state index is 0.0456. The van der Waals surface area contributed by atoms with Crippen molar-refractivity contribution in [2.24, 2.45) is 0 Å². The zero-order chi connectivity index (χ0) is 10.9. The summed E-state index contributed by atoms with van der Waals surface area (Å²) >= 11 is 0. The standard InChI is InChI=1S/C11H23NO/c1-9(13)8-12(10(2,3)4)11(5,6)7/h8H2,1-7H3. The van der Waals surface area contributed by atoms with Gasteiger partial charge < -0.3 is 0 Å². The van der Waals surface area contributed by atoms with Crippen molar-refractivity contribution in [3.05, 3.63) is 0 Å². The van der Waals surface area contributed by atoms with E-state index in [-0.39, 0.29) is 16.9 Å². The van der Waals surface area contributed by atoms with Crippen LogP contribution < -0.4 is 0 Å². The summed E-state index contributed by atoms with van der Waals surface area (Å²) in [7, 11) is 0. The Morgan fingerprint density at radius 1 is 1.00 bits per heavy atom. The summed E-state index contributed by atoms with van der Waals surface area (Å²) in [4.78, 5) is 13.3. The van der Waals surface area contributed by atoms with Crippen LogP contribution in [0.1, 0.15) is 48.5 Å². The first-order valence-electron chi connectivity index (χ1n) is 4.82. The van der Waals surface area contributed by atoms with Gasteiger partial charge in [0.1, 0.15) is 5.78 Å². The van der Waals surface area contributed by atoms with Gasteiger partial charge in [-0.2, -0.15) is 0 Å². The monoisotopic (exact) mass is 185 g/mol. The van der Waals surface area contributed by atoms with Gasteiger partial charge in [-0.15, -0.1) is 0 Å². The van der Waals surface area contributed by atoms with Gasteiger partial charge in [-0.05, 0) is 48.5 Å². The average Bonchev–Trinajstić information content (AvgIpc) is 1.77. The Hall–Kier alpha value is -0.370. The fourth-order valence-corrected chi connectivity index (χ4v) is 1.70. The van der Waals surface area contributed by atoms with E-state index in [2.05, 4.69) is 46.4 Å². The first-order valence-corrected chi connectivity index (χ1v) is 4.82. The maximum atomic E-state index is 11.1. The lowest BCUT2D eigenvalue weighted by Gasteiger charge is -2.44. The van der Waals surface area contributed by atoms with Crippen LogP contribution in [0.2, 0.25) is 0 Å². The normalized spacial score (nSPS) is 13.5. The van der Waals surface area contributed by atoms with Crippen LogP contribution in [0.15, 0.2) is 0 Å². The molecule has 0 aliphatic carbocycles. The third-order valence-corrected chi connectivity index (χ3v) is 2.00. The van der Waals surface area contributed by atoms with Gasteiger partial charge in [-0.25, -0.2) is 0 Å². The number of Topliss-reactive ketones (excluding diaryl/α,β-unsaturated/α-hetero) is 1. The van der Waals surface area contributed by atoms with Gasteiger partial charge in [0.25, 0.3) is 0 Å². The Morgan fingerprint density at radius 2 is 1.31 bits per heavy atom. The van der Waals surface area contributed by atoms with E-state index in [1.54, 1.807) is 6.92 Å². The summed E-state index contributed by atoms with van der Waals surface area (Å²) in [6.45, 7) is 15.0. The molecule has 0 saturated carbocycles. The highest BCUT2D eigenvalue weighted by Crippen LogP contribution is 2.23. The second kappa shape index (κ2) is 3.79. The first-order chi connectivity index (χ1) is 5.55. The average molecular weight is 185 g/mol. The number of carbonyl (C=O) groups excluding carboxylic acids is 1. The molecule has 0 amide bonds. The predicted molar refractivity (Wildman–Crippen MR) is 56.9 cm³/mol. The van der Waals surface area contributed by atoms with Gasteiger partial charge in [-0.1, -0.05) is 0 Å². The topological polar surface area (TPSA) is 20.3 Å². The molecular formula is C11H23NO. The summed E-state index contributed by atoms with van der Waals surface area (Å²) in [5, 5.41) is 0. The lowest BCUT2D eigenvalue weighted by molar-refractivity contribution is -0.121. The second-order valence-corrected chi connectivity index (χ2v) is 5.63. The van der Waals surface area contributed by atoms with Gasteiger partial charge >= 0.3 is 0 Å². The zero-order valence-corrected chi connectivity index (χ0v) is 10.1. The Balaban J connectivity index is 4.68. The van der Waals surface area contributed by atoms with Crippen LogP contribution in [0.5, 0.6) is 0 Å². The van der Waals surface area contributed by atoms with Gasteiger partial charge in [0.2, 0.25) is 0 Å². The molecule has 0 aromatic rings. The van der Waals surface area contributed by atoms with Crippen molar-refractivity contribution in [3.63, 3.8) is 0 Å². The molecule has 2 nitrogen and oxygen atoms in total. The molecule has 0 rings (SSSR count). The van der Waals surface area contributed by atoms with Gasteiger partial charge in [0.05, 0.1) is 6.54 Å². The third kappa shape index (κ3) is 4.41. The fraction of sp³-hybridized carbons (Fsp3) is 0.909. The summed E-state index contributed by atoms with van der Waals surface area (Å²) in [5.41, 5.74) is 0.0911. The van der Waals surface area contributed by atoms with Crippen molar-refractivity contribution in [2.75, 3.05) is 6.54 Å². The number of rotatable bonds is 2. The van der Waals surface area contributed by atoms with Crippen molar-refractivity contribution < 1.29 is 4.79 Å². The molecule has 0 N–H and O–H groups in total. The number of nitrogens with zero attached hydrogens (tertiary/aromatic N) is 1. The Morgan fingerprint density at radius 3 is 1.38 bits per heavy atom. The molecule has 0 atom stereocenters. The van der Waals surface area contributed by atoms with E-state index >= 15 is 0 Å². The maximum absolute atomic E-state index is 11.1. The summed E-state index contributed by atoms with van der Waals surface area (Å²) in [6, 6.07) is 0. The van der Waals surface area contributed by atoms with Crippen LogP contribution in [0.4, 0.5) is 0 Å². The number of hydrogen-bond acceptors (Lipinski definition) is 2. The maximum Gasteiger partial charge on any atom is 0.143 e. The molecule has 0 aromatic heterocycles.